The average Bonchev–Trinajstić information content (AvgIpc) is 3.81. The molecule has 13 rings (SSSR count). The zero-order chi connectivity index (χ0) is 40.8. The molecule has 62 heavy (non-hydrogen) atoms. The van der Waals surface area contributed by atoms with Crippen LogP contribution in [0.1, 0.15) is 44.9 Å². The number of rotatable bonds is 5. The summed E-state index contributed by atoms with van der Waals surface area (Å²) in [7, 11) is 0. The van der Waals surface area contributed by atoms with Crippen LogP contribution in [-0.2, 0) is 5.41 Å². The molecule has 0 heterocycles. The molecule has 2 aliphatic carbocycles. The second-order valence-electron chi connectivity index (χ2n) is 17.1. The fraction of sp³-hybridized carbons (Fsp3) is 0.0323. The van der Waals surface area contributed by atoms with Crippen molar-refractivity contribution in [3.63, 3.8) is 0 Å². The first kappa shape index (κ1) is 35.0. The maximum atomic E-state index is 2.56. The lowest BCUT2D eigenvalue weighted by Gasteiger charge is -2.31. The predicted octanol–water partition coefficient (Wildman–Crippen LogP) is 16.0. The van der Waals surface area contributed by atoms with Crippen LogP contribution in [0.2, 0.25) is 0 Å². The summed E-state index contributed by atoms with van der Waals surface area (Å²) in [6.45, 7) is 0. The smallest absolute Gasteiger partial charge is 0.0622 e. The van der Waals surface area contributed by atoms with Crippen LogP contribution < -0.4 is 0 Å². The van der Waals surface area contributed by atoms with Gasteiger partial charge in [0.15, 0.2) is 0 Å². The minimum atomic E-state index is -0.461. The molecule has 0 heteroatoms. The van der Waals surface area contributed by atoms with Crippen LogP contribution in [-0.4, -0.2) is 0 Å². The van der Waals surface area contributed by atoms with Crippen molar-refractivity contribution in [2.45, 2.75) is 11.3 Å². The van der Waals surface area contributed by atoms with Gasteiger partial charge in [-0.25, -0.2) is 0 Å². The van der Waals surface area contributed by atoms with E-state index in [9.17, 15) is 0 Å². The largest absolute Gasteiger partial charge is 0.0725 e. The van der Waals surface area contributed by atoms with Gasteiger partial charge >= 0.3 is 0 Å². The Bertz CT molecular complexity index is 3560. The van der Waals surface area contributed by atoms with E-state index in [4.69, 9.17) is 0 Å². The molecule has 1 spiro atoms. The van der Waals surface area contributed by atoms with Crippen LogP contribution in [0, 0.1) is 0 Å². The molecule has 0 N–H and O–H groups in total. The number of benzene rings is 11. The van der Waals surface area contributed by atoms with E-state index in [0.717, 1.165) is 0 Å². The van der Waals surface area contributed by atoms with Gasteiger partial charge in [0.1, 0.15) is 0 Å². The maximum Gasteiger partial charge on any atom is 0.0725 e. The van der Waals surface area contributed by atoms with Crippen molar-refractivity contribution in [2.75, 3.05) is 0 Å². The Balaban J connectivity index is 1.05. The second-order valence-corrected chi connectivity index (χ2v) is 17.1. The molecule has 0 fully saturated rings. The van der Waals surface area contributed by atoms with E-state index < -0.39 is 5.41 Å². The highest BCUT2D eigenvalue weighted by Crippen LogP contribution is 2.64. The first-order valence-corrected chi connectivity index (χ1v) is 21.8. The monoisotopic (exact) mass is 784 g/mol. The van der Waals surface area contributed by atoms with Crippen LogP contribution in [0.15, 0.2) is 237 Å². The average molecular weight is 785 g/mol. The molecule has 0 aliphatic heterocycles. The lowest BCUT2D eigenvalue weighted by molar-refractivity contribution is 0.794. The quantitative estimate of drug-likeness (QED) is 0.120. The number of hydrogen-bond acceptors (Lipinski definition) is 0. The van der Waals surface area contributed by atoms with Gasteiger partial charge in [0.25, 0.3) is 0 Å². The molecule has 288 valence electrons. The van der Waals surface area contributed by atoms with E-state index in [2.05, 4.69) is 237 Å². The van der Waals surface area contributed by atoms with E-state index >= 15 is 0 Å². The molecule has 2 aliphatic rings. The fourth-order valence-electron chi connectivity index (χ4n) is 11.3. The Labute approximate surface area is 362 Å². The summed E-state index contributed by atoms with van der Waals surface area (Å²) in [6.07, 6.45) is 0. The first-order valence-electron chi connectivity index (χ1n) is 21.8. The van der Waals surface area contributed by atoms with E-state index in [-0.39, 0.29) is 5.92 Å². The first-order chi connectivity index (χ1) is 30.8. The van der Waals surface area contributed by atoms with Crippen molar-refractivity contribution in [3.05, 3.63) is 276 Å². The van der Waals surface area contributed by atoms with Gasteiger partial charge in [-0.3, -0.25) is 0 Å². The third kappa shape index (κ3) is 5.01. The van der Waals surface area contributed by atoms with Gasteiger partial charge in [-0.1, -0.05) is 218 Å². The molecule has 2 atom stereocenters. The topological polar surface area (TPSA) is 0 Å². The van der Waals surface area contributed by atoms with Gasteiger partial charge in [0.2, 0.25) is 0 Å². The highest BCUT2D eigenvalue weighted by atomic mass is 14.5. The molecule has 0 radical (unpaired) electrons. The molecule has 0 aromatic heterocycles. The number of fused-ring (bicyclic) bond motifs is 16. The summed E-state index contributed by atoms with van der Waals surface area (Å²) in [5.74, 6) is 0.0178. The molecule has 0 amide bonds. The lowest BCUT2D eigenvalue weighted by atomic mass is 9.70. The van der Waals surface area contributed by atoms with Gasteiger partial charge in [-0.05, 0) is 134 Å². The SMILES string of the molecule is c1ccc(-c2ccc(C(c3cccc(-c4ccccc4)c3)c3ccc4c(c3)-c3ccccc3C43c4ccccc4-c4cc5c6ccccc6c6ccccc6c5cc43)cc2)cc1. The van der Waals surface area contributed by atoms with Gasteiger partial charge in [0, 0.05) is 5.92 Å². The standard InChI is InChI=1S/C62H40/c1-3-16-40(17-4-1)42-30-32-43(33-31-42)61(45-21-15-20-44(36-45)41-18-5-2-6-19-41)46-34-35-59-55(37-46)51-26-11-13-28-57(51)62(59)58-29-14-12-27-52(58)56-38-53-49-24-9-7-22-47(49)48-23-8-10-25-50(48)54(53)39-60(56)62/h1-39,61H. The minimum absolute atomic E-state index is 0.0178. The van der Waals surface area contributed by atoms with E-state index in [1.807, 2.05) is 0 Å². The van der Waals surface area contributed by atoms with E-state index in [0.29, 0.717) is 0 Å². The zero-order valence-corrected chi connectivity index (χ0v) is 34.1. The van der Waals surface area contributed by atoms with Crippen LogP contribution >= 0.6 is 0 Å². The molecule has 0 nitrogen and oxygen atoms in total. The third-order valence-corrected chi connectivity index (χ3v) is 14.0. The van der Waals surface area contributed by atoms with E-state index in [1.165, 1.54) is 116 Å². The summed E-state index contributed by atoms with van der Waals surface area (Å²) in [4.78, 5) is 0. The highest BCUT2D eigenvalue weighted by Gasteiger charge is 2.52. The summed E-state index contributed by atoms with van der Waals surface area (Å²) in [5.41, 5.74) is 19.0. The molecule has 11 aromatic carbocycles. The molecular formula is C62H40. The Kier molecular flexibility index (Phi) is 7.68. The Morgan fingerprint density at radius 3 is 1.29 bits per heavy atom. The molecule has 0 saturated heterocycles. The van der Waals surface area contributed by atoms with Gasteiger partial charge in [0.05, 0.1) is 5.41 Å². The third-order valence-electron chi connectivity index (χ3n) is 14.0. The highest BCUT2D eigenvalue weighted by molar-refractivity contribution is 6.26. The molecule has 2 unspecified atom stereocenters. The molecule has 11 aromatic rings. The van der Waals surface area contributed by atoms with Crippen molar-refractivity contribution in [2.24, 2.45) is 0 Å². The van der Waals surface area contributed by atoms with Crippen LogP contribution in [0.5, 0.6) is 0 Å². The Morgan fingerprint density at radius 1 is 0.226 bits per heavy atom. The molecule has 0 bridgehead atoms. The zero-order valence-electron chi connectivity index (χ0n) is 34.1. The summed E-state index contributed by atoms with van der Waals surface area (Å²) >= 11 is 0. The van der Waals surface area contributed by atoms with Gasteiger partial charge in [-0.2, -0.15) is 0 Å². The second kappa shape index (κ2) is 13.6. The summed E-state index contributed by atoms with van der Waals surface area (Å²) in [5, 5.41) is 7.83. The maximum absolute atomic E-state index is 2.56. The summed E-state index contributed by atoms with van der Waals surface area (Å²) in [6, 6.07) is 88.7. The minimum Gasteiger partial charge on any atom is -0.0622 e. The van der Waals surface area contributed by atoms with Crippen LogP contribution in [0.4, 0.5) is 0 Å². The fourth-order valence-corrected chi connectivity index (χ4v) is 11.3. The van der Waals surface area contributed by atoms with Crippen LogP contribution in [0.25, 0.3) is 76.8 Å². The van der Waals surface area contributed by atoms with Crippen molar-refractivity contribution >= 4 is 32.3 Å². The van der Waals surface area contributed by atoms with Crippen molar-refractivity contribution in [1.29, 1.82) is 0 Å². The number of hydrogen-bond donors (Lipinski definition) is 0. The lowest BCUT2D eigenvalue weighted by Crippen LogP contribution is -2.25. The van der Waals surface area contributed by atoms with Crippen LogP contribution in [0.3, 0.4) is 0 Å². The molecular weight excluding hydrogens is 745 g/mol. The van der Waals surface area contributed by atoms with Gasteiger partial charge < -0.3 is 0 Å². The Hall–Kier alpha value is -7.80. The normalized spacial score (nSPS) is 15.1. The van der Waals surface area contributed by atoms with E-state index in [1.54, 1.807) is 0 Å². The van der Waals surface area contributed by atoms with Crippen molar-refractivity contribution in [1.82, 2.24) is 0 Å². The molecule has 0 saturated carbocycles. The Morgan fingerprint density at radius 2 is 0.661 bits per heavy atom. The van der Waals surface area contributed by atoms with Crippen molar-refractivity contribution in [3.8, 4) is 44.5 Å². The van der Waals surface area contributed by atoms with Gasteiger partial charge in [-0.15, -0.1) is 0 Å². The summed E-state index contributed by atoms with van der Waals surface area (Å²) < 4.78 is 0. The van der Waals surface area contributed by atoms with Crippen molar-refractivity contribution < 1.29 is 0 Å². The predicted molar refractivity (Wildman–Crippen MR) is 260 cm³/mol.